The van der Waals surface area contributed by atoms with Crippen LogP contribution in [0.15, 0.2) is 48.8 Å². The molecule has 7 nitrogen and oxygen atoms in total. The molecule has 142 valence electrons. The monoisotopic (exact) mass is 406 g/mol. The predicted octanol–water partition coefficient (Wildman–Crippen LogP) is 2.05. The van der Waals surface area contributed by atoms with Crippen molar-refractivity contribution in [3.05, 3.63) is 64.9 Å². The van der Waals surface area contributed by atoms with Crippen molar-refractivity contribution in [2.24, 2.45) is 0 Å². The standard InChI is InChI=1S/C18H19ClN4O3S/c1-27-11-8-15(21-17(25)13-4-2-3-5-14(13)19)18(26)23-22-16(24)12-6-9-20-10-7-12/h2-7,9-10,15H,8,11H2,1H3,(H,21,25)(H,22,24)(H,23,26). The molecular formula is C18H19ClN4O3S. The van der Waals surface area contributed by atoms with Gasteiger partial charge in [-0.25, -0.2) is 0 Å². The number of halogens is 1. The van der Waals surface area contributed by atoms with Gasteiger partial charge in [0.2, 0.25) is 0 Å². The minimum atomic E-state index is -0.820. The third kappa shape index (κ3) is 6.26. The smallest absolute Gasteiger partial charge is 0.269 e. The van der Waals surface area contributed by atoms with Crippen LogP contribution in [0.3, 0.4) is 0 Å². The van der Waals surface area contributed by atoms with Gasteiger partial charge in [0.05, 0.1) is 10.6 Å². The van der Waals surface area contributed by atoms with E-state index >= 15 is 0 Å². The minimum Gasteiger partial charge on any atom is -0.340 e. The van der Waals surface area contributed by atoms with E-state index in [1.165, 1.54) is 24.5 Å². The number of hydrazine groups is 1. The summed E-state index contributed by atoms with van der Waals surface area (Å²) >= 11 is 7.57. The minimum absolute atomic E-state index is 0.280. The van der Waals surface area contributed by atoms with E-state index in [9.17, 15) is 14.4 Å². The fourth-order valence-corrected chi connectivity index (χ4v) is 2.86. The number of thioether (sulfide) groups is 1. The third-order valence-electron chi connectivity index (χ3n) is 3.59. The van der Waals surface area contributed by atoms with Gasteiger partial charge < -0.3 is 5.32 Å². The summed E-state index contributed by atoms with van der Waals surface area (Å²) < 4.78 is 0. The molecule has 1 aromatic heterocycles. The highest BCUT2D eigenvalue weighted by atomic mass is 35.5. The molecular weight excluding hydrogens is 388 g/mol. The molecule has 2 aromatic rings. The molecule has 0 fully saturated rings. The second kappa shape index (κ2) is 10.5. The van der Waals surface area contributed by atoms with Gasteiger partial charge in [-0.3, -0.25) is 30.2 Å². The number of benzene rings is 1. The third-order valence-corrected chi connectivity index (χ3v) is 4.57. The first kappa shape index (κ1) is 20.7. The van der Waals surface area contributed by atoms with E-state index in [1.807, 2.05) is 6.26 Å². The van der Waals surface area contributed by atoms with Crippen molar-refractivity contribution in [2.45, 2.75) is 12.5 Å². The van der Waals surface area contributed by atoms with Gasteiger partial charge >= 0.3 is 0 Å². The van der Waals surface area contributed by atoms with E-state index in [-0.39, 0.29) is 5.56 Å². The molecule has 9 heteroatoms. The Kier molecular flexibility index (Phi) is 8.09. The van der Waals surface area contributed by atoms with Crippen molar-refractivity contribution >= 4 is 41.1 Å². The van der Waals surface area contributed by atoms with Crippen molar-refractivity contribution in [3.63, 3.8) is 0 Å². The Balaban J connectivity index is 1.99. The lowest BCUT2D eigenvalue weighted by Gasteiger charge is -2.18. The fraction of sp³-hybridized carbons (Fsp3) is 0.222. The second-order valence-corrected chi connectivity index (χ2v) is 6.86. The fourth-order valence-electron chi connectivity index (χ4n) is 2.17. The molecule has 0 saturated heterocycles. The number of hydrogen-bond acceptors (Lipinski definition) is 5. The molecule has 1 atom stereocenters. The zero-order valence-electron chi connectivity index (χ0n) is 14.6. The molecule has 0 radical (unpaired) electrons. The topological polar surface area (TPSA) is 100 Å². The van der Waals surface area contributed by atoms with Crippen LogP contribution >= 0.6 is 23.4 Å². The molecule has 0 saturated carbocycles. The van der Waals surface area contributed by atoms with E-state index in [1.54, 1.807) is 36.0 Å². The van der Waals surface area contributed by atoms with E-state index in [2.05, 4.69) is 21.2 Å². The van der Waals surface area contributed by atoms with Gasteiger partial charge in [0.15, 0.2) is 0 Å². The number of aromatic nitrogens is 1. The molecule has 27 heavy (non-hydrogen) atoms. The first-order valence-electron chi connectivity index (χ1n) is 8.07. The zero-order valence-corrected chi connectivity index (χ0v) is 16.1. The number of carbonyl (C=O) groups is 3. The summed E-state index contributed by atoms with van der Waals surface area (Å²) in [5.41, 5.74) is 5.31. The summed E-state index contributed by atoms with van der Waals surface area (Å²) in [6.45, 7) is 0. The quantitative estimate of drug-likeness (QED) is 0.611. The van der Waals surface area contributed by atoms with Gasteiger partial charge in [0, 0.05) is 18.0 Å². The van der Waals surface area contributed by atoms with Crippen molar-refractivity contribution in [1.29, 1.82) is 0 Å². The summed E-state index contributed by atoms with van der Waals surface area (Å²) in [5, 5.41) is 2.96. The van der Waals surface area contributed by atoms with Crippen LogP contribution in [0.1, 0.15) is 27.1 Å². The first-order valence-corrected chi connectivity index (χ1v) is 9.84. The average molecular weight is 407 g/mol. The molecule has 1 heterocycles. The average Bonchev–Trinajstić information content (AvgIpc) is 2.69. The van der Waals surface area contributed by atoms with Gasteiger partial charge in [-0.1, -0.05) is 23.7 Å². The zero-order chi connectivity index (χ0) is 19.6. The summed E-state index contributed by atoms with van der Waals surface area (Å²) in [6, 6.07) is 8.80. The van der Waals surface area contributed by atoms with Crippen LogP contribution in [0.2, 0.25) is 5.02 Å². The van der Waals surface area contributed by atoms with Crippen molar-refractivity contribution in [1.82, 2.24) is 21.2 Å². The van der Waals surface area contributed by atoms with Crippen LogP contribution in [0.4, 0.5) is 0 Å². The van der Waals surface area contributed by atoms with Gasteiger partial charge in [-0.2, -0.15) is 11.8 Å². The number of carbonyl (C=O) groups excluding carboxylic acids is 3. The Morgan fingerprint density at radius 1 is 1.07 bits per heavy atom. The molecule has 1 aromatic carbocycles. The van der Waals surface area contributed by atoms with E-state index in [4.69, 9.17) is 11.6 Å². The maximum Gasteiger partial charge on any atom is 0.269 e. The summed E-state index contributed by atoms with van der Waals surface area (Å²) in [4.78, 5) is 40.7. The van der Waals surface area contributed by atoms with E-state index in [0.717, 1.165) is 0 Å². The lowest BCUT2D eigenvalue weighted by atomic mass is 10.1. The predicted molar refractivity (Wildman–Crippen MR) is 106 cm³/mol. The van der Waals surface area contributed by atoms with Crippen LogP contribution in [0.5, 0.6) is 0 Å². The summed E-state index contributed by atoms with van der Waals surface area (Å²) in [7, 11) is 0. The maximum atomic E-state index is 12.4. The van der Waals surface area contributed by atoms with Crippen molar-refractivity contribution in [2.75, 3.05) is 12.0 Å². The molecule has 0 spiro atoms. The molecule has 0 aliphatic rings. The van der Waals surface area contributed by atoms with Gasteiger partial charge in [0.1, 0.15) is 6.04 Å². The molecule has 3 amide bonds. The van der Waals surface area contributed by atoms with Crippen molar-refractivity contribution in [3.8, 4) is 0 Å². The Morgan fingerprint density at radius 2 is 1.78 bits per heavy atom. The van der Waals surface area contributed by atoms with Crippen LogP contribution in [-0.2, 0) is 4.79 Å². The van der Waals surface area contributed by atoms with Gasteiger partial charge in [-0.05, 0) is 42.7 Å². The molecule has 2 rings (SSSR count). The van der Waals surface area contributed by atoms with Crippen LogP contribution in [0, 0.1) is 0 Å². The Hall–Kier alpha value is -2.58. The lowest BCUT2D eigenvalue weighted by Crippen LogP contribution is -2.52. The van der Waals surface area contributed by atoms with Crippen LogP contribution < -0.4 is 16.2 Å². The Morgan fingerprint density at radius 3 is 2.44 bits per heavy atom. The van der Waals surface area contributed by atoms with Gasteiger partial charge in [-0.15, -0.1) is 0 Å². The number of pyridine rings is 1. The first-order chi connectivity index (χ1) is 13.0. The van der Waals surface area contributed by atoms with E-state index < -0.39 is 23.8 Å². The molecule has 0 bridgehead atoms. The Bertz CT molecular complexity index is 804. The normalized spacial score (nSPS) is 11.3. The number of amides is 3. The molecule has 0 aliphatic carbocycles. The highest BCUT2D eigenvalue weighted by Gasteiger charge is 2.22. The highest BCUT2D eigenvalue weighted by Crippen LogP contribution is 2.15. The maximum absolute atomic E-state index is 12.4. The Labute approximate surface area is 166 Å². The number of hydrogen-bond donors (Lipinski definition) is 3. The summed E-state index contributed by atoms with van der Waals surface area (Å²) in [6.07, 6.45) is 5.24. The van der Waals surface area contributed by atoms with E-state index in [0.29, 0.717) is 22.8 Å². The van der Waals surface area contributed by atoms with Crippen molar-refractivity contribution < 1.29 is 14.4 Å². The lowest BCUT2D eigenvalue weighted by molar-refractivity contribution is -0.123. The molecule has 1 unspecified atom stereocenters. The largest absolute Gasteiger partial charge is 0.340 e. The van der Waals surface area contributed by atoms with Crippen LogP contribution in [0.25, 0.3) is 0 Å². The second-order valence-electron chi connectivity index (χ2n) is 5.47. The molecule has 3 N–H and O–H groups in total. The number of nitrogens with one attached hydrogen (secondary N) is 3. The SMILES string of the molecule is CSCCC(NC(=O)c1ccccc1Cl)C(=O)NNC(=O)c1ccncc1. The molecule has 0 aliphatic heterocycles. The number of nitrogens with zero attached hydrogens (tertiary/aromatic N) is 1. The number of rotatable bonds is 7. The van der Waals surface area contributed by atoms with Crippen LogP contribution in [-0.4, -0.2) is 40.8 Å². The highest BCUT2D eigenvalue weighted by molar-refractivity contribution is 7.98. The van der Waals surface area contributed by atoms with Gasteiger partial charge in [0.25, 0.3) is 17.7 Å². The summed E-state index contributed by atoms with van der Waals surface area (Å²) in [5.74, 6) is -0.805.